The number of carboxylic acids is 1. The van der Waals surface area contributed by atoms with E-state index in [1.165, 1.54) is 6.07 Å². The number of aryl methyl sites for hydroxylation is 1. The first-order valence-corrected chi connectivity index (χ1v) is 9.14. The fraction of sp³-hybridized carbons (Fsp3) is 0.556. The third kappa shape index (κ3) is 3.94. The van der Waals surface area contributed by atoms with Crippen molar-refractivity contribution in [3.05, 3.63) is 23.3 Å². The van der Waals surface area contributed by atoms with Crippen LogP contribution in [0.15, 0.2) is 12.1 Å². The van der Waals surface area contributed by atoms with Gasteiger partial charge in [-0.3, -0.25) is 4.79 Å². The summed E-state index contributed by atoms with van der Waals surface area (Å²) in [5, 5.41) is 34.2. The van der Waals surface area contributed by atoms with Crippen LogP contribution in [0, 0.1) is 5.92 Å². The van der Waals surface area contributed by atoms with E-state index < -0.39 is 12.7 Å². The van der Waals surface area contributed by atoms with Gasteiger partial charge in [0.15, 0.2) is 0 Å². The second-order valence-corrected chi connectivity index (χ2v) is 7.50. The number of hydrogen-bond acceptors (Lipinski definition) is 8. The highest BCUT2D eigenvalue weighted by molar-refractivity contribution is 6.59. The van der Waals surface area contributed by atoms with Crippen molar-refractivity contribution in [2.75, 3.05) is 26.2 Å². The number of likely N-dealkylation sites (tertiary alicyclic amines) is 1. The average molecular weight is 392 g/mol. The second-order valence-electron chi connectivity index (χ2n) is 7.50. The van der Waals surface area contributed by atoms with Gasteiger partial charge in [0.1, 0.15) is 11.9 Å². The van der Waals surface area contributed by atoms with E-state index in [9.17, 15) is 24.7 Å². The van der Waals surface area contributed by atoms with Gasteiger partial charge in [0, 0.05) is 6.42 Å². The number of carboxylic acid groups (broad SMARTS) is 1. The van der Waals surface area contributed by atoms with Crippen molar-refractivity contribution >= 4 is 18.6 Å². The average Bonchev–Trinajstić information content (AvgIpc) is 2.52. The van der Waals surface area contributed by atoms with Crippen LogP contribution in [0.4, 0.5) is 0 Å². The Morgan fingerprint density at radius 1 is 1.32 bits per heavy atom. The molecule has 0 unspecified atom stereocenters. The Hall–Kier alpha value is -2.30. The summed E-state index contributed by atoms with van der Waals surface area (Å²) in [7, 11) is 0. The summed E-state index contributed by atoms with van der Waals surface area (Å²) >= 11 is 0. The molecule has 9 nitrogen and oxygen atoms in total. The Kier molecular flexibility index (Phi) is 5.56. The summed E-state index contributed by atoms with van der Waals surface area (Å²) in [6.45, 7) is -0.599. The van der Waals surface area contributed by atoms with Crippen molar-refractivity contribution in [3.8, 4) is 11.5 Å². The molecule has 3 N–H and O–H groups in total. The highest BCUT2D eigenvalue weighted by atomic mass is 16.6. The van der Waals surface area contributed by atoms with Crippen LogP contribution in [0.3, 0.4) is 0 Å². The number of nitrogens with one attached hydrogen (secondary N) is 1. The lowest BCUT2D eigenvalue weighted by molar-refractivity contribution is -0.255. The minimum atomic E-state index is -3.10. The second kappa shape index (κ2) is 7.61. The minimum Gasteiger partial charge on any atom is -0.669 e. The summed E-state index contributed by atoms with van der Waals surface area (Å²) in [6, 6.07) is 3.17. The summed E-state index contributed by atoms with van der Waals surface area (Å²) in [6.07, 6.45) is 0.459. The van der Waals surface area contributed by atoms with E-state index in [0.29, 0.717) is 31.0 Å². The number of hydrogen-bond donors (Lipinski definition) is 3. The molecule has 0 radical (unpaired) electrons. The van der Waals surface area contributed by atoms with Crippen molar-refractivity contribution in [2.45, 2.75) is 32.7 Å². The molecule has 0 aromatic heterocycles. The van der Waals surface area contributed by atoms with Crippen LogP contribution in [0.25, 0.3) is 0 Å². The number of carbonyl (C=O) groups excluding carboxylic acids is 2. The highest BCUT2D eigenvalue weighted by Gasteiger charge is 2.36. The lowest BCUT2D eigenvalue weighted by Gasteiger charge is -2.41. The molecule has 2 fully saturated rings. The Labute approximate surface area is 163 Å². The first-order chi connectivity index (χ1) is 12.8. The van der Waals surface area contributed by atoms with Crippen LogP contribution < -0.4 is 19.8 Å². The number of fused-ring (bicyclic) bond motifs is 1. The van der Waals surface area contributed by atoms with Gasteiger partial charge in [-0.2, -0.15) is 0 Å². The Morgan fingerprint density at radius 2 is 2.04 bits per heavy atom. The number of amides is 1. The summed E-state index contributed by atoms with van der Waals surface area (Å²) < 4.78 is 10.8. The highest BCUT2D eigenvalue weighted by Crippen LogP contribution is 2.38. The summed E-state index contributed by atoms with van der Waals surface area (Å²) in [5.41, 5.74) is 0.230. The third-order valence-electron chi connectivity index (χ3n) is 5.33. The van der Waals surface area contributed by atoms with Gasteiger partial charge < -0.3 is 39.6 Å². The van der Waals surface area contributed by atoms with Crippen molar-refractivity contribution in [2.24, 2.45) is 5.92 Å². The van der Waals surface area contributed by atoms with E-state index in [-0.39, 0.29) is 49.2 Å². The van der Waals surface area contributed by atoms with E-state index in [4.69, 9.17) is 9.39 Å². The monoisotopic (exact) mass is 392 g/mol. The molecule has 3 aliphatic heterocycles. The maximum Gasteiger partial charge on any atom is 0.430 e. The first-order valence-electron chi connectivity index (χ1n) is 9.14. The van der Waals surface area contributed by atoms with Crippen molar-refractivity contribution in [1.29, 1.82) is 0 Å². The zero-order valence-corrected chi connectivity index (χ0v) is 14.7. The molecule has 0 spiro atoms. The normalized spacial score (nSPS) is 20.7. The van der Waals surface area contributed by atoms with Gasteiger partial charge in [-0.25, -0.2) is 0 Å². The van der Waals surface area contributed by atoms with Gasteiger partial charge in [-0.1, -0.05) is 19.8 Å². The van der Waals surface area contributed by atoms with Crippen molar-refractivity contribution < 1.29 is 34.1 Å². The van der Waals surface area contributed by atoms with Gasteiger partial charge in [0.2, 0.25) is 5.91 Å². The van der Waals surface area contributed by atoms with E-state index in [0.717, 1.165) is 13.1 Å². The molecule has 3 heterocycles. The molecule has 2 saturated heterocycles. The zero-order valence-electron chi connectivity index (χ0n) is 14.7. The van der Waals surface area contributed by atoms with Crippen LogP contribution >= 0.6 is 0 Å². The largest absolute Gasteiger partial charge is 0.669 e. The summed E-state index contributed by atoms with van der Waals surface area (Å²) in [4.78, 5) is 25.4. The number of aromatic carboxylic acids is 1. The van der Waals surface area contributed by atoms with E-state index in [1.54, 1.807) is 11.0 Å². The molecule has 10 heteroatoms. The molecule has 1 amide bonds. The Morgan fingerprint density at radius 3 is 2.64 bits per heavy atom. The molecule has 3 aliphatic rings. The molecule has 1 aromatic rings. The Balaban J connectivity index is 0.00000225. The van der Waals surface area contributed by atoms with Crippen LogP contribution in [0.2, 0.25) is 6.32 Å². The maximum atomic E-state index is 12.1. The lowest BCUT2D eigenvalue weighted by atomic mass is 9.70. The van der Waals surface area contributed by atoms with Gasteiger partial charge in [-0.15, -0.1) is 0 Å². The van der Waals surface area contributed by atoms with Gasteiger partial charge in [0.25, 0.3) is 0 Å². The van der Waals surface area contributed by atoms with Gasteiger partial charge in [0.05, 0.1) is 30.4 Å². The molecular weight excluding hydrogens is 367 g/mol. The fourth-order valence-electron chi connectivity index (χ4n) is 3.59. The van der Waals surface area contributed by atoms with Crippen LogP contribution in [-0.2, 0) is 11.2 Å². The van der Waals surface area contributed by atoms with Gasteiger partial charge in [-0.05, 0) is 37.1 Å². The number of nitrogens with zero attached hydrogens (tertiary/aromatic N) is 1. The first kappa shape index (κ1) is 20.4. The molecule has 0 bridgehead atoms. The van der Waals surface area contributed by atoms with E-state index in [1.807, 2.05) is 0 Å². The summed E-state index contributed by atoms with van der Waals surface area (Å²) in [5.74, 6) is -1.13. The molecule has 4 rings (SSSR count). The maximum absolute atomic E-state index is 12.1. The van der Waals surface area contributed by atoms with Crippen molar-refractivity contribution in [1.82, 2.24) is 10.2 Å². The van der Waals surface area contributed by atoms with Gasteiger partial charge >= 0.3 is 6.75 Å². The SMILES string of the molecule is C.O=C([O-])c1c(OC2CN(C(=O)CC3CNC3)C2)ccc2c1O[B-](O)(O)CC2. The molecule has 154 valence electrons. The zero-order chi connectivity index (χ0) is 19.2. The number of ether oxygens (including phenoxy) is 1. The molecule has 0 saturated carbocycles. The van der Waals surface area contributed by atoms with Crippen molar-refractivity contribution in [3.63, 3.8) is 0 Å². The molecule has 0 atom stereocenters. The quantitative estimate of drug-likeness (QED) is 0.530. The number of rotatable bonds is 5. The number of benzene rings is 1. The standard InChI is InChI=1S/C17H22BN2O7.CH4/c21-14(5-10-6-19-7-10)20-8-12(9-20)26-13-2-1-11-3-4-18(24,25)27-16(11)15(13)17(22)23;/h1-2,10,12,19,24-25H,3-9H2,(H,22,23);1H4/q-1;/p-1. The Bertz CT molecular complexity index is 775. The third-order valence-corrected chi connectivity index (χ3v) is 5.33. The lowest BCUT2D eigenvalue weighted by Crippen LogP contribution is -2.57. The predicted octanol–water partition coefficient (Wildman–Crippen LogP) is -1.26. The van der Waals surface area contributed by atoms with Crippen LogP contribution in [0.5, 0.6) is 11.5 Å². The molecule has 28 heavy (non-hydrogen) atoms. The number of carbonyl (C=O) groups is 2. The van der Waals surface area contributed by atoms with Crippen LogP contribution in [0.1, 0.15) is 29.8 Å². The smallest absolute Gasteiger partial charge is 0.430 e. The predicted molar refractivity (Wildman–Crippen MR) is 98.8 cm³/mol. The van der Waals surface area contributed by atoms with Crippen LogP contribution in [-0.4, -0.2) is 65.9 Å². The topological polar surface area (TPSA) is 131 Å². The molecular formula is C18H25BN2O7-2. The molecule has 1 aromatic carbocycles. The van der Waals surface area contributed by atoms with E-state index >= 15 is 0 Å². The van der Waals surface area contributed by atoms with E-state index in [2.05, 4.69) is 5.32 Å². The fourth-order valence-corrected chi connectivity index (χ4v) is 3.59. The molecule has 0 aliphatic carbocycles. The minimum absolute atomic E-state index is 0.